The number of ether oxygens (including phenoxy) is 1. The maximum absolute atomic E-state index is 10.9. The van der Waals surface area contributed by atoms with Gasteiger partial charge in [0.15, 0.2) is 11.4 Å². The summed E-state index contributed by atoms with van der Waals surface area (Å²) in [5, 5.41) is 8.50. The van der Waals surface area contributed by atoms with Gasteiger partial charge in [-0.15, -0.1) is 0 Å². The first-order valence-corrected chi connectivity index (χ1v) is 6.12. The molecule has 2 rings (SSSR count). The maximum Gasteiger partial charge on any atom is 0.356 e. The number of carbonyl (C=O) groups is 2. The smallest absolute Gasteiger partial charge is 0.356 e. The number of methoxy groups -OCH3 is 1. The van der Waals surface area contributed by atoms with Crippen molar-refractivity contribution in [2.45, 2.75) is 28.7 Å². The number of aromatic carboxylic acids is 1. The second kappa shape index (κ2) is 10.9. The zero-order valence-electron chi connectivity index (χ0n) is 12.0. The summed E-state index contributed by atoms with van der Waals surface area (Å²) in [7, 11) is 1.34. The Morgan fingerprint density at radius 3 is 1.70 bits per heavy atom. The molecule has 0 fully saturated rings. The summed E-state index contributed by atoms with van der Waals surface area (Å²) < 4.78 is 4.52. The van der Waals surface area contributed by atoms with Gasteiger partial charge in [-0.25, -0.2) is 19.6 Å². The van der Waals surface area contributed by atoms with Gasteiger partial charge in [-0.3, -0.25) is 0 Å². The van der Waals surface area contributed by atoms with E-state index in [1.807, 2.05) is 13.0 Å². The van der Waals surface area contributed by atoms with E-state index in [9.17, 15) is 9.59 Å². The molecule has 0 aromatic carbocycles. The van der Waals surface area contributed by atoms with Crippen LogP contribution in [0.3, 0.4) is 0 Å². The number of nitrogens with zero attached hydrogens (tertiary/aromatic N) is 2. The molecule has 0 atom stereocenters. The van der Waals surface area contributed by atoms with Gasteiger partial charge >= 0.3 is 11.9 Å². The number of esters is 1. The summed E-state index contributed by atoms with van der Waals surface area (Å²) in [5.74, 6) is -1.36. The molecule has 2 heterocycles. The van der Waals surface area contributed by atoms with Crippen molar-refractivity contribution in [1.82, 2.24) is 9.97 Å². The van der Waals surface area contributed by atoms with E-state index in [1.54, 1.807) is 31.3 Å². The van der Waals surface area contributed by atoms with Crippen molar-refractivity contribution in [1.29, 1.82) is 0 Å². The van der Waals surface area contributed by atoms with E-state index in [0.29, 0.717) is 11.3 Å². The summed E-state index contributed by atoms with van der Waals surface area (Å²) in [6.07, 6.45) is 3.04. The lowest BCUT2D eigenvalue weighted by atomic mass is 10.2. The SMILES string of the molecule is C.C.COC(=O)c1ncccc1C.Cc1cccnc1C(=O)O. The van der Waals surface area contributed by atoms with Crippen molar-refractivity contribution in [3.63, 3.8) is 0 Å². The van der Waals surface area contributed by atoms with Gasteiger partial charge in [0.25, 0.3) is 0 Å². The van der Waals surface area contributed by atoms with E-state index in [1.165, 1.54) is 13.3 Å². The third-order valence-electron chi connectivity index (χ3n) is 2.60. The summed E-state index contributed by atoms with van der Waals surface area (Å²) in [6.45, 7) is 3.54. The molecule has 6 heteroatoms. The zero-order valence-corrected chi connectivity index (χ0v) is 12.0. The maximum atomic E-state index is 10.9. The normalized spacial score (nSPS) is 8.48. The summed E-state index contributed by atoms with van der Waals surface area (Å²) in [5.41, 5.74) is 2.03. The Morgan fingerprint density at radius 1 is 0.957 bits per heavy atom. The predicted octanol–water partition coefficient (Wildman–Crippen LogP) is 3.54. The Labute approximate surface area is 137 Å². The van der Waals surface area contributed by atoms with Gasteiger partial charge in [-0.2, -0.15) is 0 Å². The highest BCUT2D eigenvalue weighted by molar-refractivity contribution is 5.88. The highest BCUT2D eigenvalue weighted by Gasteiger charge is 2.08. The van der Waals surface area contributed by atoms with Gasteiger partial charge in [0, 0.05) is 12.4 Å². The number of carboxylic acids is 1. The summed E-state index contributed by atoms with van der Waals surface area (Å²) >= 11 is 0. The minimum atomic E-state index is -0.974. The van der Waals surface area contributed by atoms with Crippen LogP contribution in [0.2, 0.25) is 0 Å². The number of hydrogen-bond acceptors (Lipinski definition) is 5. The van der Waals surface area contributed by atoms with E-state index in [0.717, 1.165) is 5.56 Å². The van der Waals surface area contributed by atoms with Gasteiger partial charge in [-0.05, 0) is 37.1 Å². The highest BCUT2D eigenvalue weighted by atomic mass is 16.5. The van der Waals surface area contributed by atoms with E-state index in [2.05, 4.69) is 14.7 Å². The molecule has 23 heavy (non-hydrogen) atoms. The Morgan fingerprint density at radius 2 is 1.39 bits per heavy atom. The molecule has 2 aromatic rings. The largest absolute Gasteiger partial charge is 0.477 e. The fourth-order valence-electron chi connectivity index (χ4n) is 1.51. The molecule has 0 saturated heterocycles. The lowest BCUT2D eigenvalue weighted by molar-refractivity contribution is 0.0592. The topological polar surface area (TPSA) is 89.4 Å². The average molecular weight is 320 g/mol. The number of carboxylic acid groups (broad SMARTS) is 1. The van der Waals surface area contributed by atoms with Crippen LogP contribution in [-0.4, -0.2) is 34.1 Å². The predicted molar refractivity (Wildman–Crippen MR) is 89.7 cm³/mol. The van der Waals surface area contributed by atoms with Gasteiger partial charge in [-0.1, -0.05) is 27.0 Å². The molecule has 1 N–H and O–H groups in total. The third-order valence-corrected chi connectivity index (χ3v) is 2.60. The van der Waals surface area contributed by atoms with Gasteiger partial charge in [0.05, 0.1) is 7.11 Å². The lowest BCUT2D eigenvalue weighted by Crippen LogP contribution is -2.05. The Bertz CT molecular complexity index is 642. The number of rotatable bonds is 2. The number of carbonyl (C=O) groups excluding carboxylic acids is 1. The molecule has 126 valence electrons. The monoisotopic (exact) mass is 320 g/mol. The first kappa shape index (κ1) is 22.5. The minimum Gasteiger partial charge on any atom is -0.477 e. The second-order valence-electron chi connectivity index (χ2n) is 4.13. The fraction of sp³-hybridized carbons (Fsp3) is 0.294. The number of hydrogen-bond donors (Lipinski definition) is 1. The van der Waals surface area contributed by atoms with Crippen LogP contribution in [-0.2, 0) is 4.74 Å². The van der Waals surface area contributed by atoms with Crippen LogP contribution in [0.25, 0.3) is 0 Å². The zero-order chi connectivity index (χ0) is 15.8. The molecular weight excluding hydrogens is 296 g/mol. The number of aryl methyl sites for hydroxylation is 2. The molecule has 0 unspecified atom stereocenters. The van der Waals surface area contributed by atoms with E-state index < -0.39 is 5.97 Å². The van der Waals surface area contributed by atoms with E-state index >= 15 is 0 Å². The third kappa shape index (κ3) is 6.69. The molecule has 6 nitrogen and oxygen atoms in total. The van der Waals surface area contributed by atoms with Crippen molar-refractivity contribution in [3.8, 4) is 0 Å². The van der Waals surface area contributed by atoms with E-state index in [-0.39, 0.29) is 26.5 Å². The van der Waals surface area contributed by atoms with Crippen molar-refractivity contribution in [3.05, 3.63) is 59.2 Å². The quantitative estimate of drug-likeness (QED) is 0.851. The van der Waals surface area contributed by atoms with Gasteiger partial charge < -0.3 is 9.84 Å². The van der Waals surface area contributed by atoms with Crippen molar-refractivity contribution < 1.29 is 19.4 Å². The molecule has 0 amide bonds. The minimum absolute atomic E-state index is 0. The average Bonchev–Trinajstić information content (AvgIpc) is 2.48. The molecule has 2 aromatic heterocycles. The van der Waals surface area contributed by atoms with Crippen LogP contribution in [0.5, 0.6) is 0 Å². The lowest BCUT2D eigenvalue weighted by Gasteiger charge is -1.99. The molecule has 0 bridgehead atoms. The van der Waals surface area contributed by atoms with Crippen LogP contribution >= 0.6 is 0 Å². The fourth-order valence-corrected chi connectivity index (χ4v) is 1.51. The Hall–Kier alpha value is -2.76. The molecular formula is C17H24N2O4. The van der Waals surface area contributed by atoms with Gasteiger partial charge in [0.2, 0.25) is 0 Å². The first-order valence-electron chi connectivity index (χ1n) is 6.12. The summed E-state index contributed by atoms with van der Waals surface area (Å²) in [6, 6.07) is 7.03. The molecule has 0 spiro atoms. The number of aromatic nitrogens is 2. The van der Waals surface area contributed by atoms with E-state index in [4.69, 9.17) is 5.11 Å². The van der Waals surface area contributed by atoms with Crippen LogP contribution < -0.4 is 0 Å². The molecule has 0 radical (unpaired) electrons. The van der Waals surface area contributed by atoms with Crippen LogP contribution in [0.1, 0.15) is 47.0 Å². The highest BCUT2D eigenvalue weighted by Crippen LogP contribution is 2.03. The Kier molecular flexibility index (Phi) is 10.7. The Balaban J connectivity index is 0. The van der Waals surface area contributed by atoms with Crippen LogP contribution in [0, 0.1) is 13.8 Å². The van der Waals surface area contributed by atoms with Gasteiger partial charge in [0.1, 0.15) is 0 Å². The second-order valence-corrected chi connectivity index (χ2v) is 4.13. The van der Waals surface area contributed by atoms with Crippen molar-refractivity contribution in [2.75, 3.05) is 7.11 Å². The molecule has 0 aliphatic carbocycles. The molecule has 0 saturated carbocycles. The number of pyridine rings is 2. The van der Waals surface area contributed by atoms with Crippen molar-refractivity contribution in [2.24, 2.45) is 0 Å². The summed E-state index contributed by atoms with van der Waals surface area (Å²) in [4.78, 5) is 28.9. The van der Waals surface area contributed by atoms with Crippen LogP contribution in [0.15, 0.2) is 36.7 Å². The molecule has 0 aliphatic heterocycles. The van der Waals surface area contributed by atoms with Crippen LogP contribution in [0.4, 0.5) is 0 Å². The first-order chi connectivity index (χ1) is 9.97. The van der Waals surface area contributed by atoms with Crippen molar-refractivity contribution >= 4 is 11.9 Å². The molecule has 0 aliphatic rings. The standard InChI is InChI=1S/C8H9NO2.C7H7NO2.2CH4/c1-6-4-3-5-9-7(6)8(10)11-2;1-5-3-2-4-8-6(5)7(9)10;;/h3-5H,1-2H3;2-4H,1H3,(H,9,10);2*1H4.